The molecule has 4 N–H and O–H groups in total. The highest BCUT2D eigenvalue weighted by Gasteiger charge is 2.17. The van der Waals surface area contributed by atoms with E-state index < -0.39 is 6.10 Å². The number of aliphatic hydroxyl groups excluding tert-OH is 1. The van der Waals surface area contributed by atoms with Crippen LogP contribution in [0.25, 0.3) is 0 Å². The highest BCUT2D eigenvalue weighted by molar-refractivity contribution is 9.10. The molecule has 1 aromatic rings. The molecule has 0 radical (unpaired) electrons. The molecular formula is C10H14BrNO2. The van der Waals surface area contributed by atoms with Gasteiger partial charge in [0.15, 0.2) is 0 Å². The zero-order valence-corrected chi connectivity index (χ0v) is 9.80. The summed E-state index contributed by atoms with van der Waals surface area (Å²) >= 11 is 3.26. The van der Waals surface area contributed by atoms with E-state index in [9.17, 15) is 10.2 Å². The number of halogens is 1. The second kappa shape index (κ2) is 4.29. The Kier molecular flexibility index (Phi) is 3.53. The van der Waals surface area contributed by atoms with E-state index >= 15 is 0 Å². The van der Waals surface area contributed by atoms with Crippen molar-refractivity contribution >= 4 is 15.9 Å². The van der Waals surface area contributed by atoms with Crippen LogP contribution in [-0.4, -0.2) is 16.8 Å². The van der Waals surface area contributed by atoms with Gasteiger partial charge in [-0.1, -0.05) is 6.07 Å². The van der Waals surface area contributed by atoms with Crippen molar-refractivity contribution in [2.24, 2.45) is 5.73 Å². The van der Waals surface area contributed by atoms with E-state index in [4.69, 9.17) is 5.73 Å². The van der Waals surface area contributed by atoms with E-state index in [1.54, 1.807) is 0 Å². The maximum absolute atomic E-state index is 9.80. The average molecular weight is 260 g/mol. The summed E-state index contributed by atoms with van der Waals surface area (Å²) in [6, 6.07) is 1.90. The lowest BCUT2D eigenvalue weighted by Gasteiger charge is -2.16. The Balaban J connectivity index is 3.36. The van der Waals surface area contributed by atoms with Gasteiger partial charge < -0.3 is 15.9 Å². The first-order chi connectivity index (χ1) is 6.49. The number of aryl methyl sites for hydroxylation is 2. The van der Waals surface area contributed by atoms with Crippen LogP contribution >= 0.6 is 15.9 Å². The van der Waals surface area contributed by atoms with Crippen molar-refractivity contribution in [1.82, 2.24) is 0 Å². The van der Waals surface area contributed by atoms with Crippen LogP contribution in [0.5, 0.6) is 5.75 Å². The van der Waals surface area contributed by atoms with Gasteiger partial charge >= 0.3 is 0 Å². The first kappa shape index (κ1) is 11.5. The first-order valence-electron chi connectivity index (χ1n) is 4.35. The minimum Gasteiger partial charge on any atom is -0.506 e. The Hall–Kier alpha value is -0.580. The van der Waals surface area contributed by atoms with Crippen molar-refractivity contribution < 1.29 is 10.2 Å². The second-order valence-corrected chi connectivity index (χ2v) is 4.13. The first-order valence-corrected chi connectivity index (χ1v) is 5.15. The SMILES string of the molecule is Cc1cc(C)c(C(O)CN)c(O)c1Br. The summed E-state index contributed by atoms with van der Waals surface area (Å²) < 4.78 is 0.616. The number of hydrogen-bond acceptors (Lipinski definition) is 3. The molecule has 0 bridgehead atoms. The predicted octanol–water partition coefficient (Wildman–Crippen LogP) is 1.76. The minimum absolute atomic E-state index is 0.0838. The van der Waals surface area contributed by atoms with Crippen LogP contribution in [-0.2, 0) is 0 Å². The Morgan fingerprint density at radius 2 is 2.00 bits per heavy atom. The molecule has 14 heavy (non-hydrogen) atoms. The zero-order valence-electron chi connectivity index (χ0n) is 8.21. The van der Waals surface area contributed by atoms with Crippen molar-refractivity contribution in [1.29, 1.82) is 0 Å². The van der Waals surface area contributed by atoms with E-state index in [1.807, 2.05) is 19.9 Å². The number of aromatic hydroxyl groups is 1. The van der Waals surface area contributed by atoms with Crippen LogP contribution in [0.4, 0.5) is 0 Å². The standard InChI is InChI=1S/C10H14BrNO2/c1-5-3-6(2)9(11)10(14)8(5)7(13)4-12/h3,7,13-14H,4,12H2,1-2H3. The summed E-state index contributed by atoms with van der Waals surface area (Å²) in [5, 5.41) is 19.4. The van der Waals surface area contributed by atoms with E-state index in [1.165, 1.54) is 0 Å². The fraction of sp³-hybridized carbons (Fsp3) is 0.400. The predicted molar refractivity (Wildman–Crippen MR) is 59.3 cm³/mol. The Morgan fingerprint density at radius 3 is 2.50 bits per heavy atom. The van der Waals surface area contributed by atoms with Crippen LogP contribution in [0, 0.1) is 13.8 Å². The average Bonchev–Trinajstić information content (AvgIpc) is 2.14. The molecule has 0 aliphatic rings. The van der Waals surface area contributed by atoms with Gasteiger partial charge in [-0.05, 0) is 40.9 Å². The van der Waals surface area contributed by atoms with Crippen LogP contribution in [0.2, 0.25) is 0 Å². The maximum atomic E-state index is 9.80. The van der Waals surface area contributed by atoms with E-state index in [0.717, 1.165) is 11.1 Å². The summed E-state index contributed by atoms with van der Waals surface area (Å²) in [7, 11) is 0. The highest BCUT2D eigenvalue weighted by atomic mass is 79.9. The second-order valence-electron chi connectivity index (χ2n) is 3.34. The number of phenols is 1. The molecule has 0 saturated carbocycles. The summed E-state index contributed by atoms with van der Waals surface area (Å²) in [6.45, 7) is 3.83. The van der Waals surface area contributed by atoms with Crippen LogP contribution < -0.4 is 5.73 Å². The molecule has 0 aliphatic carbocycles. The minimum atomic E-state index is -0.813. The van der Waals surface area contributed by atoms with Crippen molar-refractivity contribution in [2.75, 3.05) is 6.54 Å². The lowest BCUT2D eigenvalue weighted by atomic mass is 10.00. The highest BCUT2D eigenvalue weighted by Crippen LogP contribution is 2.36. The Morgan fingerprint density at radius 1 is 1.43 bits per heavy atom. The van der Waals surface area contributed by atoms with Gasteiger partial charge in [0.1, 0.15) is 5.75 Å². The summed E-state index contributed by atoms with van der Waals surface area (Å²) in [6.07, 6.45) is -0.813. The molecule has 0 aromatic heterocycles. The number of phenolic OH excluding ortho intramolecular Hbond substituents is 1. The third-order valence-corrected chi connectivity index (χ3v) is 3.22. The molecular weight excluding hydrogens is 246 g/mol. The van der Waals surface area contributed by atoms with Crippen molar-refractivity contribution in [2.45, 2.75) is 20.0 Å². The van der Waals surface area contributed by atoms with Crippen molar-refractivity contribution in [3.8, 4) is 5.75 Å². The lowest BCUT2D eigenvalue weighted by molar-refractivity contribution is 0.181. The number of benzene rings is 1. The largest absolute Gasteiger partial charge is 0.506 e. The number of hydrogen-bond donors (Lipinski definition) is 3. The third-order valence-electron chi connectivity index (χ3n) is 2.22. The summed E-state index contributed by atoms with van der Waals surface area (Å²) in [4.78, 5) is 0. The molecule has 1 rings (SSSR count). The maximum Gasteiger partial charge on any atom is 0.136 e. The van der Waals surface area contributed by atoms with Crippen molar-refractivity contribution in [3.05, 3.63) is 27.2 Å². The molecule has 0 fully saturated rings. The number of nitrogens with two attached hydrogens (primary N) is 1. The van der Waals surface area contributed by atoms with Gasteiger partial charge in [0.2, 0.25) is 0 Å². The smallest absolute Gasteiger partial charge is 0.136 e. The van der Waals surface area contributed by atoms with Gasteiger partial charge in [-0.3, -0.25) is 0 Å². The van der Waals surface area contributed by atoms with Gasteiger partial charge in [-0.2, -0.15) is 0 Å². The quantitative estimate of drug-likeness (QED) is 0.759. The molecule has 0 spiro atoms. The number of rotatable bonds is 2. The molecule has 1 aromatic carbocycles. The van der Waals surface area contributed by atoms with Gasteiger partial charge in [-0.15, -0.1) is 0 Å². The van der Waals surface area contributed by atoms with Gasteiger partial charge in [-0.25, -0.2) is 0 Å². The van der Waals surface area contributed by atoms with E-state index in [2.05, 4.69) is 15.9 Å². The molecule has 4 heteroatoms. The Labute approximate surface area is 91.7 Å². The zero-order chi connectivity index (χ0) is 10.9. The topological polar surface area (TPSA) is 66.5 Å². The third kappa shape index (κ3) is 1.92. The fourth-order valence-electron chi connectivity index (χ4n) is 1.50. The number of aliphatic hydroxyl groups is 1. The molecule has 3 nitrogen and oxygen atoms in total. The molecule has 0 amide bonds. The van der Waals surface area contributed by atoms with Gasteiger partial charge in [0.25, 0.3) is 0 Å². The van der Waals surface area contributed by atoms with Crippen LogP contribution in [0.15, 0.2) is 10.5 Å². The van der Waals surface area contributed by atoms with E-state index in [-0.39, 0.29) is 12.3 Å². The van der Waals surface area contributed by atoms with Crippen LogP contribution in [0.1, 0.15) is 22.8 Å². The molecule has 1 unspecified atom stereocenters. The Bertz CT molecular complexity index is 352. The van der Waals surface area contributed by atoms with Gasteiger partial charge in [0.05, 0.1) is 10.6 Å². The molecule has 1 atom stereocenters. The van der Waals surface area contributed by atoms with Crippen molar-refractivity contribution in [3.63, 3.8) is 0 Å². The fourth-order valence-corrected chi connectivity index (χ4v) is 1.82. The summed E-state index contributed by atoms with van der Waals surface area (Å²) in [5.41, 5.74) is 7.64. The van der Waals surface area contributed by atoms with Crippen LogP contribution in [0.3, 0.4) is 0 Å². The molecule has 0 saturated heterocycles. The van der Waals surface area contributed by atoms with Gasteiger partial charge in [0, 0.05) is 12.1 Å². The lowest BCUT2D eigenvalue weighted by Crippen LogP contribution is -2.13. The monoisotopic (exact) mass is 259 g/mol. The van der Waals surface area contributed by atoms with E-state index in [0.29, 0.717) is 10.0 Å². The molecule has 0 aliphatic heterocycles. The summed E-state index contributed by atoms with van der Waals surface area (Å²) in [5.74, 6) is 0.0838. The molecule has 78 valence electrons. The normalized spacial score (nSPS) is 12.9. The molecule has 0 heterocycles.